The van der Waals surface area contributed by atoms with Gasteiger partial charge in [0.1, 0.15) is 18.3 Å². The van der Waals surface area contributed by atoms with Crippen molar-refractivity contribution in [2.45, 2.75) is 24.8 Å². The normalized spacial score (nSPS) is 32.2. The van der Waals surface area contributed by atoms with Crippen LogP contribution in [0.1, 0.15) is 24.3 Å². The maximum Gasteiger partial charge on any atom is 0.233 e. The molecule has 0 spiro atoms. The third kappa shape index (κ3) is 2.53. The first kappa shape index (κ1) is 16.1. The number of hydrogen-bond donors (Lipinski definition) is 1. The van der Waals surface area contributed by atoms with Crippen LogP contribution in [0.5, 0.6) is 5.75 Å². The second kappa shape index (κ2) is 6.02. The van der Waals surface area contributed by atoms with E-state index in [1.165, 1.54) is 6.42 Å². The van der Waals surface area contributed by atoms with Crippen molar-refractivity contribution in [2.24, 2.45) is 17.6 Å². The summed E-state index contributed by atoms with van der Waals surface area (Å²) in [6.45, 7) is 2.16. The van der Waals surface area contributed by atoms with Crippen molar-refractivity contribution in [1.29, 1.82) is 0 Å². The van der Waals surface area contributed by atoms with E-state index in [1.807, 2.05) is 23.1 Å². The zero-order valence-electron chi connectivity index (χ0n) is 12.2. The highest BCUT2D eigenvalue weighted by Gasteiger charge is 2.44. The van der Waals surface area contributed by atoms with Crippen LogP contribution in [0.25, 0.3) is 0 Å². The molecule has 0 aromatic heterocycles. The number of amides is 1. The van der Waals surface area contributed by atoms with Crippen LogP contribution in [0.15, 0.2) is 22.7 Å². The Labute approximate surface area is 144 Å². The van der Waals surface area contributed by atoms with Gasteiger partial charge in [-0.15, -0.1) is 12.4 Å². The average molecular weight is 388 g/mol. The number of fused-ring (bicyclic) bond motifs is 2. The molecule has 1 saturated heterocycles. The summed E-state index contributed by atoms with van der Waals surface area (Å²) in [5, 5.41) is 0. The molecule has 4 nitrogen and oxygen atoms in total. The molecule has 1 aliphatic carbocycles. The van der Waals surface area contributed by atoms with E-state index in [1.54, 1.807) is 0 Å². The van der Waals surface area contributed by atoms with E-state index in [0.29, 0.717) is 18.4 Å². The van der Waals surface area contributed by atoms with Crippen molar-refractivity contribution in [3.63, 3.8) is 0 Å². The monoisotopic (exact) mass is 386 g/mol. The van der Waals surface area contributed by atoms with Gasteiger partial charge in [0, 0.05) is 29.2 Å². The minimum absolute atomic E-state index is 0. The largest absolute Gasteiger partial charge is 0.492 e. The lowest BCUT2D eigenvalue weighted by atomic mass is 9.98. The van der Waals surface area contributed by atoms with Gasteiger partial charge in [0.15, 0.2) is 0 Å². The molecule has 120 valence electrons. The predicted molar refractivity (Wildman–Crippen MR) is 90.4 cm³/mol. The summed E-state index contributed by atoms with van der Waals surface area (Å²) in [5.74, 6) is 1.99. The van der Waals surface area contributed by atoms with Crippen molar-refractivity contribution in [1.82, 2.24) is 4.90 Å². The van der Waals surface area contributed by atoms with E-state index in [4.69, 9.17) is 10.5 Å². The lowest BCUT2D eigenvalue weighted by Gasteiger charge is -2.21. The molecule has 2 N–H and O–H groups in total. The molecular weight excluding hydrogens is 368 g/mol. The number of nitrogens with two attached hydrogens (primary N) is 1. The van der Waals surface area contributed by atoms with Crippen LogP contribution in [-0.4, -0.2) is 36.5 Å². The molecule has 4 atom stereocenters. The smallest absolute Gasteiger partial charge is 0.233 e. The lowest BCUT2D eigenvalue weighted by Crippen LogP contribution is -2.36. The van der Waals surface area contributed by atoms with Gasteiger partial charge in [-0.2, -0.15) is 0 Å². The molecule has 0 bridgehead atoms. The number of benzene rings is 1. The number of halogens is 2. The van der Waals surface area contributed by atoms with Crippen LogP contribution in [-0.2, 0) is 4.79 Å². The molecule has 1 aromatic carbocycles. The molecule has 1 saturated carbocycles. The molecule has 22 heavy (non-hydrogen) atoms. The molecule has 0 radical (unpaired) electrons. The Morgan fingerprint density at radius 3 is 2.91 bits per heavy atom. The number of carbonyl (C=O) groups is 1. The molecule has 1 amide bonds. The van der Waals surface area contributed by atoms with Crippen molar-refractivity contribution in [3.05, 3.63) is 28.2 Å². The van der Waals surface area contributed by atoms with Gasteiger partial charge in [0.05, 0.1) is 0 Å². The van der Waals surface area contributed by atoms with Crippen LogP contribution in [0.3, 0.4) is 0 Å². The fraction of sp³-hybridized carbons (Fsp3) is 0.562. The quantitative estimate of drug-likeness (QED) is 0.805. The zero-order chi connectivity index (χ0) is 14.6. The van der Waals surface area contributed by atoms with Crippen LogP contribution in [0, 0.1) is 11.8 Å². The maximum atomic E-state index is 12.8. The minimum Gasteiger partial charge on any atom is -0.492 e. The Balaban J connectivity index is 0.00000144. The van der Waals surface area contributed by atoms with Crippen LogP contribution >= 0.6 is 28.3 Å². The molecule has 4 unspecified atom stereocenters. The first-order valence-electron chi connectivity index (χ1n) is 7.60. The molecular formula is C16H20BrClN2O2. The van der Waals surface area contributed by atoms with E-state index >= 15 is 0 Å². The highest BCUT2D eigenvalue weighted by molar-refractivity contribution is 9.10. The zero-order valence-corrected chi connectivity index (χ0v) is 14.6. The molecule has 2 fully saturated rings. The third-order valence-corrected chi connectivity index (χ3v) is 5.77. The molecule has 2 heterocycles. The summed E-state index contributed by atoms with van der Waals surface area (Å²) in [4.78, 5) is 14.9. The number of hydrogen-bond acceptors (Lipinski definition) is 3. The van der Waals surface area contributed by atoms with Gasteiger partial charge < -0.3 is 15.4 Å². The van der Waals surface area contributed by atoms with Crippen LogP contribution in [0.4, 0.5) is 0 Å². The number of nitrogens with zero attached hydrogens (tertiary/aromatic N) is 1. The third-order valence-electron chi connectivity index (χ3n) is 5.27. The van der Waals surface area contributed by atoms with E-state index < -0.39 is 0 Å². The highest BCUT2D eigenvalue weighted by atomic mass is 79.9. The van der Waals surface area contributed by atoms with Gasteiger partial charge >= 0.3 is 0 Å². The second-order valence-electron chi connectivity index (χ2n) is 6.45. The first-order chi connectivity index (χ1) is 10.1. The summed E-state index contributed by atoms with van der Waals surface area (Å²) >= 11 is 3.48. The highest BCUT2D eigenvalue weighted by Crippen LogP contribution is 2.41. The summed E-state index contributed by atoms with van der Waals surface area (Å²) in [5.41, 5.74) is 7.17. The first-order valence-corrected chi connectivity index (χ1v) is 8.39. The number of rotatable bonds is 1. The van der Waals surface area contributed by atoms with E-state index in [9.17, 15) is 4.79 Å². The fourth-order valence-electron chi connectivity index (χ4n) is 4.10. The Hall–Kier alpha value is -0.780. The van der Waals surface area contributed by atoms with Crippen molar-refractivity contribution < 1.29 is 9.53 Å². The van der Waals surface area contributed by atoms with E-state index in [0.717, 1.165) is 35.3 Å². The molecule has 6 heteroatoms. The van der Waals surface area contributed by atoms with Gasteiger partial charge in [0.25, 0.3) is 0 Å². The fourth-order valence-corrected chi connectivity index (χ4v) is 4.48. The Kier molecular flexibility index (Phi) is 4.40. The number of likely N-dealkylation sites (tertiary alicyclic amines) is 1. The van der Waals surface area contributed by atoms with E-state index in [2.05, 4.69) is 15.9 Å². The van der Waals surface area contributed by atoms with Gasteiger partial charge in [-0.1, -0.05) is 15.9 Å². The molecule has 4 rings (SSSR count). The Bertz CT molecular complexity index is 598. The van der Waals surface area contributed by atoms with Gasteiger partial charge in [0.2, 0.25) is 5.91 Å². The summed E-state index contributed by atoms with van der Waals surface area (Å²) in [6, 6.07) is 6.16. The van der Waals surface area contributed by atoms with Gasteiger partial charge in [-0.25, -0.2) is 0 Å². The topological polar surface area (TPSA) is 55.6 Å². The Morgan fingerprint density at radius 2 is 2.14 bits per heavy atom. The summed E-state index contributed by atoms with van der Waals surface area (Å²) in [6.07, 6.45) is 2.28. The Morgan fingerprint density at radius 1 is 1.32 bits per heavy atom. The number of carbonyl (C=O) groups excluding carboxylic acids is 1. The molecule has 2 aliphatic heterocycles. The summed E-state index contributed by atoms with van der Waals surface area (Å²) in [7, 11) is 0. The van der Waals surface area contributed by atoms with Gasteiger partial charge in [-0.3, -0.25) is 4.79 Å². The van der Waals surface area contributed by atoms with Crippen molar-refractivity contribution in [3.8, 4) is 5.75 Å². The summed E-state index contributed by atoms with van der Waals surface area (Å²) < 4.78 is 6.66. The SMILES string of the molecule is Cl.NC1CCC2CN(C(=O)C3COc4ccc(Br)cc43)CC12. The standard InChI is InChI=1S/C16H19BrN2O2.ClH/c17-10-2-4-15-11(5-10)13(8-21-15)16(20)19-6-9-1-3-14(18)12(9)7-19;/h2,4-5,9,12-14H,1,3,6-8,18H2;1H. The molecule has 3 aliphatic rings. The van der Waals surface area contributed by atoms with Crippen molar-refractivity contribution in [2.75, 3.05) is 19.7 Å². The predicted octanol–water partition coefficient (Wildman–Crippen LogP) is 2.54. The minimum atomic E-state index is -0.160. The van der Waals surface area contributed by atoms with E-state index in [-0.39, 0.29) is 30.3 Å². The maximum absolute atomic E-state index is 12.8. The van der Waals surface area contributed by atoms with Crippen molar-refractivity contribution >= 4 is 34.2 Å². The average Bonchev–Trinajstić information content (AvgIpc) is 3.14. The number of ether oxygens (including phenoxy) is 1. The van der Waals surface area contributed by atoms with Gasteiger partial charge in [-0.05, 0) is 42.9 Å². The van der Waals surface area contributed by atoms with Crippen LogP contribution in [0.2, 0.25) is 0 Å². The van der Waals surface area contributed by atoms with Crippen LogP contribution < -0.4 is 10.5 Å². The second-order valence-corrected chi connectivity index (χ2v) is 7.37. The molecule has 1 aromatic rings. The lowest BCUT2D eigenvalue weighted by molar-refractivity contribution is -0.132.